The summed E-state index contributed by atoms with van der Waals surface area (Å²) >= 11 is 0. The molecule has 2 heteroatoms. The molecule has 2 nitrogen and oxygen atoms in total. The van der Waals surface area contributed by atoms with Crippen LogP contribution in [0.15, 0.2) is 11.6 Å². The number of allylic oxidation sites excluding steroid dienone is 1. The molecule has 0 amide bonds. The van der Waals surface area contributed by atoms with Gasteiger partial charge in [-0.15, -0.1) is 0 Å². The Morgan fingerprint density at radius 3 is 2.47 bits per heavy atom. The van der Waals surface area contributed by atoms with Crippen LogP contribution >= 0.6 is 0 Å². The molecule has 1 saturated heterocycles. The lowest BCUT2D eigenvalue weighted by Crippen LogP contribution is -2.33. The van der Waals surface area contributed by atoms with Crippen molar-refractivity contribution in [1.82, 2.24) is 4.90 Å². The maximum absolute atomic E-state index is 10.4. The third kappa shape index (κ3) is 3.96. The Kier molecular flexibility index (Phi) is 4.35. The van der Waals surface area contributed by atoms with E-state index < -0.39 is 5.60 Å². The fourth-order valence-corrected chi connectivity index (χ4v) is 2.36. The summed E-state index contributed by atoms with van der Waals surface area (Å²) in [6, 6.07) is 0.596. The van der Waals surface area contributed by atoms with E-state index in [4.69, 9.17) is 0 Å². The van der Waals surface area contributed by atoms with Crippen molar-refractivity contribution in [2.75, 3.05) is 13.1 Å². The minimum absolute atomic E-state index is 0.553. The van der Waals surface area contributed by atoms with E-state index in [1.165, 1.54) is 5.57 Å². The van der Waals surface area contributed by atoms with Crippen molar-refractivity contribution in [2.24, 2.45) is 0 Å². The summed E-state index contributed by atoms with van der Waals surface area (Å²) in [5.74, 6) is 0. The molecule has 1 heterocycles. The van der Waals surface area contributed by atoms with E-state index >= 15 is 0 Å². The molecule has 1 atom stereocenters. The monoisotopic (exact) mass is 211 g/mol. The fraction of sp³-hybridized carbons (Fsp3) is 0.846. The van der Waals surface area contributed by atoms with Crippen molar-refractivity contribution >= 4 is 0 Å². The Hall–Kier alpha value is -0.340. The lowest BCUT2D eigenvalue weighted by molar-refractivity contribution is 0.0725. The molecule has 0 spiro atoms. The second kappa shape index (κ2) is 5.13. The van der Waals surface area contributed by atoms with Crippen LogP contribution in [0.5, 0.6) is 0 Å². The Morgan fingerprint density at radius 2 is 1.93 bits per heavy atom. The lowest BCUT2D eigenvalue weighted by Gasteiger charge is -2.26. The van der Waals surface area contributed by atoms with Gasteiger partial charge in [0.05, 0.1) is 5.60 Å². The van der Waals surface area contributed by atoms with Crippen molar-refractivity contribution in [3.05, 3.63) is 11.6 Å². The topological polar surface area (TPSA) is 23.5 Å². The van der Waals surface area contributed by atoms with E-state index in [1.807, 2.05) is 6.08 Å². The predicted molar refractivity (Wildman–Crippen MR) is 64.9 cm³/mol. The van der Waals surface area contributed by atoms with Gasteiger partial charge in [0, 0.05) is 12.6 Å². The van der Waals surface area contributed by atoms with E-state index in [9.17, 15) is 5.11 Å². The van der Waals surface area contributed by atoms with E-state index in [0.717, 1.165) is 32.4 Å². The highest BCUT2D eigenvalue weighted by Gasteiger charge is 2.28. The minimum Gasteiger partial charge on any atom is -0.386 e. The van der Waals surface area contributed by atoms with Crippen LogP contribution in [0.3, 0.4) is 0 Å². The van der Waals surface area contributed by atoms with Crippen molar-refractivity contribution in [3.8, 4) is 0 Å². The second-order valence-corrected chi connectivity index (χ2v) is 5.31. The van der Waals surface area contributed by atoms with Crippen LogP contribution in [-0.2, 0) is 0 Å². The van der Waals surface area contributed by atoms with Crippen LogP contribution in [-0.4, -0.2) is 34.7 Å². The summed E-state index contributed by atoms with van der Waals surface area (Å²) in [5.41, 5.74) is 0.665. The summed E-state index contributed by atoms with van der Waals surface area (Å²) in [5, 5.41) is 10.4. The number of aliphatic hydroxyl groups is 1. The molecule has 1 aliphatic heterocycles. The summed E-state index contributed by atoms with van der Waals surface area (Å²) in [4.78, 5) is 2.46. The first kappa shape index (κ1) is 12.7. The van der Waals surface area contributed by atoms with Gasteiger partial charge in [-0.3, -0.25) is 0 Å². The van der Waals surface area contributed by atoms with Gasteiger partial charge in [0.15, 0.2) is 0 Å². The molecule has 0 aliphatic carbocycles. The van der Waals surface area contributed by atoms with Crippen LogP contribution in [0.25, 0.3) is 0 Å². The van der Waals surface area contributed by atoms with Gasteiger partial charge in [-0.25, -0.2) is 0 Å². The number of hydrogen-bond donors (Lipinski definition) is 1. The Bertz CT molecular complexity index is 231. The van der Waals surface area contributed by atoms with E-state index in [-0.39, 0.29) is 0 Å². The summed E-state index contributed by atoms with van der Waals surface area (Å²) in [6.07, 6.45) is 4.91. The van der Waals surface area contributed by atoms with Crippen molar-refractivity contribution in [1.29, 1.82) is 0 Å². The van der Waals surface area contributed by atoms with Crippen LogP contribution in [0.2, 0.25) is 0 Å². The molecule has 0 aromatic heterocycles. The van der Waals surface area contributed by atoms with Crippen LogP contribution in [0.4, 0.5) is 0 Å². The summed E-state index contributed by atoms with van der Waals surface area (Å²) < 4.78 is 0. The number of hydrogen-bond acceptors (Lipinski definition) is 2. The zero-order valence-corrected chi connectivity index (χ0v) is 10.6. The second-order valence-electron chi connectivity index (χ2n) is 5.31. The standard InChI is InChI=1S/C13H25NO/c1-11(2)10-13(15)6-5-8-14(9-7-13)12(3)4/h10,12,15H,5-9H2,1-4H3. The molecule has 1 aliphatic rings. The molecule has 0 saturated carbocycles. The fourth-order valence-electron chi connectivity index (χ4n) is 2.36. The molecule has 1 fully saturated rings. The molecule has 0 aromatic rings. The molecule has 1 rings (SSSR count). The van der Waals surface area contributed by atoms with Gasteiger partial charge in [0.2, 0.25) is 0 Å². The Balaban J connectivity index is 2.63. The highest BCUT2D eigenvalue weighted by Crippen LogP contribution is 2.25. The zero-order valence-electron chi connectivity index (χ0n) is 10.6. The van der Waals surface area contributed by atoms with Gasteiger partial charge < -0.3 is 10.0 Å². The molecule has 1 N–H and O–H groups in total. The van der Waals surface area contributed by atoms with Crippen molar-refractivity contribution in [2.45, 2.75) is 58.6 Å². The molecule has 1 unspecified atom stereocenters. The third-order valence-corrected chi connectivity index (χ3v) is 3.17. The third-order valence-electron chi connectivity index (χ3n) is 3.17. The normalized spacial score (nSPS) is 28.9. The molecule has 0 bridgehead atoms. The number of nitrogens with zero attached hydrogens (tertiary/aromatic N) is 1. The first-order chi connectivity index (χ1) is 6.93. The van der Waals surface area contributed by atoms with E-state index in [2.05, 4.69) is 32.6 Å². The van der Waals surface area contributed by atoms with Gasteiger partial charge in [-0.2, -0.15) is 0 Å². The van der Waals surface area contributed by atoms with Gasteiger partial charge in [0.25, 0.3) is 0 Å². The number of likely N-dealkylation sites (tertiary alicyclic amines) is 1. The SMILES string of the molecule is CC(C)=CC1(O)CCCN(C(C)C)CC1. The molecular formula is C13H25NO. The largest absolute Gasteiger partial charge is 0.386 e. The molecule has 0 aromatic carbocycles. The average Bonchev–Trinajstić information content (AvgIpc) is 2.25. The van der Waals surface area contributed by atoms with Crippen LogP contribution < -0.4 is 0 Å². The first-order valence-electron chi connectivity index (χ1n) is 6.05. The molecule has 0 radical (unpaired) electrons. The first-order valence-corrected chi connectivity index (χ1v) is 6.05. The Morgan fingerprint density at radius 1 is 1.27 bits per heavy atom. The number of rotatable bonds is 2. The van der Waals surface area contributed by atoms with Crippen LogP contribution in [0.1, 0.15) is 47.0 Å². The molecule has 88 valence electrons. The highest BCUT2D eigenvalue weighted by molar-refractivity contribution is 5.07. The van der Waals surface area contributed by atoms with Crippen molar-refractivity contribution < 1.29 is 5.11 Å². The average molecular weight is 211 g/mol. The Labute approximate surface area is 94.0 Å². The van der Waals surface area contributed by atoms with E-state index in [1.54, 1.807) is 0 Å². The molecule has 15 heavy (non-hydrogen) atoms. The van der Waals surface area contributed by atoms with Gasteiger partial charge >= 0.3 is 0 Å². The summed E-state index contributed by atoms with van der Waals surface area (Å²) in [6.45, 7) is 10.7. The molecular weight excluding hydrogens is 186 g/mol. The van der Waals surface area contributed by atoms with Gasteiger partial charge in [-0.05, 0) is 53.5 Å². The van der Waals surface area contributed by atoms with Crippen molar-refractivity contribution in [3.63, 3.8) is 0 Å². The quantitative estimate of drug-likeness (QED) is 0.710. The van der Waals surface area contributed by atoms with Gasteiger partial charge in [0.1, 0.15) is 0 Å². The highest BCUT2D eigenvalue weighted by atomic mass is 16.3. The smallest absolute Gasteiger partial charge is 0.0842 e. The maximum atomic E-state index is 10.4. The van der Waals surface area contributed by atoms with Gasteiger partial charge in [-0.1, -0.05) is 11.6 Å². The predicted octanol–water partition coefficient (Wildman–Crippen LogP) is 2.58. The van der Waals surface area contributed by atoms with E-state index in [0.29, 0.717) is 6.04 Å². The van der Waals surface area contributed by atoms with Crippen LogP contribution in [0, 0.1) is 0 Å². The lowest BCUT2D eigenvalue weighted by atomic mass is 9.93. The maximum Gasteiger partial charge on any atom is 0.0842 e. The summed E-state index contributed by atoms with van der Waals surface area (Å²) in [7, 11) is 0. The minimum atomic E-state index is -0.553. The zero-order chi connectivity index (χ0) is 11.5.